The summed E-state index contributed by atoms with van der Waals surface area (Å²) in [6.07, 6.45) is 21.1. The minimum Gasteiger partial charge on any atom is -0.481 e. The highest BCUT2D eigenvalue weighted by Gasteiger charge is 2.36. The minimum absolute atomic E-state index is 0.0631. The van der Waals surface area contributed by atoms with Crippen molar-refractivity contribution in [3.63, 3.8) is 0 Å². The van der Waals surface area contributed by atoms with Gasteiger partial charge in [-0.2, -0.15) is 25.3 Å². The van der Waals surface area contributed by atoms with Crippen LogP contribution >= 0.6 is 25.3 Å². The smallest absolute Gasteiger partial charge is 0.309 e. The molecule has 4 nitrogen and oxygen atoms in total. The lowest BCUT2D eigenvalue weighted by molar-refractivity contribution is -0.151. The van der Waals surface area contributed by atoms with Crippen molar-refractivity contribution in [2.75, 3.05) is 11.5 Å². The monoisotopic (exact) mass is 490 g/mol. The molecule has 0 spiro atoms. The van der Waals surface area contributed by atoms with Gasteiger partial charge in [0.2, 0.25) is 0 Å². The molecule has 190 valence electrons. The van der Waals surface area contributed by atoms with Gasteiger partial charge in [-0.05, 0) is 50.0 Å². The van der Waals surface area contributed by atoms with E-state index in [0.717, 1.165) is 37.2 Å². The van der Waals surface area contributed by atoms with Crippen molar-refractivity contribution >= 4 is 37.2 Å². The van der Waals surface area contributed by atoms with E-state index in [1.54, 1.807) is 0 Å². The maximum absolute atomic E-state index is 12.3. The fourth-order valence-electron chi connectivity index (χ4n) is 4.55. The number of rotatable bonds is 25. The number of carbonyl (C=O) groups is 2. The number of carboxylic acids is 2. The lowest BCUT2D eigenvalue weighted by atomic mass is 9.74. The molecular formula is C26H50O4S2. The summed E-state index contributed by atoms with van der Waals surface area (Å²) < 4.78 is 0. The van der Waals surface area contributed by atoms with Crippen LogP contribution in [0.25, 0.3) is 0 Å². The predicted molar refractivity (Wildman–Crippen MR) is 142 cm³/mol. The van der Waals surface area contributed by atoms with Gasteiger partial charge in [-0.15, -0.1) is 0 Å². The Bertz CT molecular complexity index is 435. The van der Waals surface area contributed by atoms with Crippen LogP contribution in [0.2, 0.25) is 0 Å². The second-order valence-electron chi connectivity index (χ2n) is 9.44. The quantitative estimate of drug-likeness (QED) is 0.0768. The van der Waals surface area contributed by atoms with Crippen LogP contribution in [0.1, 0.15) is 135 Å². The normalized spacial score (nSPS) is 11.7. The number of thiol groups is 2. The van der Waals surface area contributed by atoms with E-state index in [-0.39, 0.29) is 6.42 Å². The average molecular weight is 491 g/mol. The molecule has 0 aromatic carbocycles. The van der Waals surface area contributed by atoms with Crippen LogP contribution in [-0.2, 0) is 9.59 Å². The summed E-state index contributed by atoms with van der Waals surface area (Å²) >= 11 is 8.49. The Morgan fingerprint density at radius 3 is 1.12 bits per heavy atom. The average Bonchev–Trinajstić information content (AvgIpc) is 2.76. The lowest BCUT2D eigenvalue weighted by Gasteiger charge is -2.30. The van der Waals surface area contributed by atoms with Gasteiger partial charge in [-0.25, -0.2) is 0 Å². The van der Waals surface area contributed by atoms with Gasteiger partial charge in [-0.3, -0.25) is 9.59 Å². The third kappa shape index (κ3) is 18.1. The van der Waals surface area contributed by atoms with Gasteiger partial charge in [0.05, 0.1) is 5.41 Å². The molecule has 0 aliphatic rings. The molecule has 2 N–H and O–H groups in total. The molecule has 0 rings (SSSR count). The van der Waals surface area contributed by atoms with Crippen LogP contribution in [0, 0.1) is 5.41 Å². The van der Waals surface area contributed by atoms with Crippen molar-refractivity contribution in [3.05, 3.63) is 0 Å². The Hall–Kier alpha value is -0.360. The molecule has 0 aromatic heterocycles. The van der Waals surface area contributed by atoms with E-state index in [2.05, 4.69) is 25.3 Å². The van der Waals surface area contributed by atoms with Gasteiger partial charge in [-0.1, -0.05) is 89.9 Å². The molecule has 0 bridgehead atoms. The SMILES string of the molecule is O=C(O)CCCC(CCCCCCCCCCS)(CCCCCCCCCCS)C(=O)O. The van der Waals surface area contributed by atoms with Gasteiger partial charge in [0.15, 0.2) is 0 Å². The molecule has 0 aromatic rings. The maximum Gasteiger partial charge on any atom is 0.309 e. The van der Waals surface area contributed by atoms with E-state index in [1.165, 1.54) is 77.0 Å². The molecule has 0 aliphatic carbocycles. The van der Waals surface area contributed by atoms with E-state index >= 15 is 0 Å². The maximum atomic E-state index is 12.3. The molecule has 0 atom stereocenters. The number of unbranched alkanes of at least 4 members (excludes halogenated alkanes) is 14. The van der Waals surface area contributed by atoms with Gasteiger partial charge < -0.3 is 10.2 Å². The van der Waals surface area contributed by atoms with Crippen LogP contribution in [0.5, 0.6) is 0 Å². The van der Waals surface area contributed by atoms with Crippen molar-refractivity contribution in [1.29, 1.82) is 0 Å². The predicted octanol–water partition coefficient (Wildman–Crippen LogP) is 8.19. The van der Waals surface area contributed by atoms with Crippen LogP contribution in [0.15, 0.2) is 0 Å². The van der Waals surface area contributed by atoms with Crippen LogP contribution in [-0.4, -0.2) is 33.7 Å². The highest BCUT2D eigenvalue weighted by atomic mass is 32.1. The van der Waals surface area contributed by atoms with Crippen molar-refractivity contribution < 1.29 is 19.8 Å². The Kier molecular flexibility index (Phi) is 22.2. The van der Waals surface area contributed by atoms with Gasteiger partial charge in [0.25, 0.3) is 0 Å². The summed E-state index contributed by atoms with van der Waals surface area (Å²) in [4.78, 5) is 23.2. The third-order valence-electron chi connectivity index (χ3n) is 6.63. The first-order valence-corrected chi connectivity index (χ1v) is 14.4. The fraction of sp³-hybridized carbons (Fsp3) is 0.923. The molecule has 0 saturated carbocycles. The standard InChI is InChI=1S/C26H50O4S2/c27-24(28)18-17-21-26(25(29)30,19-13-9-5-1-3-7-11-15-22-31)20-14-10-6-2-4-8-12-16-23-32/h31-32H,1-23H2,(H,27,28)(H,29,30). The van der Waals surface area contributed by atoms with Crippen LogP contribution < -0.4 is 0 Å². The largest absolute Gasteiger partial charge is 0.481 e. The summed E-state index contributed by atoms with van der Waals surface area (Å²) in [6, 6.07) is 0. The second-order valence-corrected chi connectivity index (χ2v) is 10.3. The number of carboxylic acid groups (broad SMARTS) is 2. The summed E-state index contributed by atoms with van der Waals surface area (Å²) in [5, 5.41) is 19.1. The Morgan fingerprint density at radius 2 is 0.812 bits per heavy atom. The Labute approximate surface area is 208 Å². The molecule has 0 saturated heterocycles. The van der Waals surface area contributed by atoms with Crippen molar-refractivity contribution in [3.8, 4) is 0 Å². The minimum atomic E-state index is -0.833. The molecule has 0 fully saturated rings. The number of hydrogen-bond acceptors (Lipinski definition) is 4. The summed E-state index contributed by atoms with van der Waals surface area (Å²) in [5.74, 6) is 0.381. The highest BCUT2D eigenvalue weighted by molar-refractivity contribution is 7.80. The van der Waals surface area contributed by atoms with Crippen molar-refractivity contribution in [1.82, 2.24) is 0 Å². The molecule has 0 unspecified atom stereocenters. The summed E-state index contributed by atoms with van der Waals surface area (Å²) in [6.45, 7) is 0. The second kappa shape index (κ2) is 22.4. The van der Waals surface area contributed by atoms with Crippen LogP contribution in [0.4, 0.5) is 0 Å². The first kappa shape index (κ1) is 31.6. The van der Waals surface area contributed by atoms with Crippen LogP contribution in [0.3, 0.4) is 0 Å². The van der Waals surface area contributed by atoms with Gasteiger partial charge >= 0.3 is 11.9 Å². The van der Waals surface area contributed by atoms with Gasteiger partial charge in [0.1, 0.15) is 0 Å². The lowest BCUT2D eigenvalue weighted by Crippen LogP contribution is -2.31. The molecular weight excluding hydrogens is 440 g/mol. The molecule has 0 heterocycles. The Balaban J connectivity index is 4.34. The van der Waals surface area contributed by atoms with E-state index in [0.29, 0.717) is 25.7 Å². The van der Waals surface area contributed by atoms with E-state index < -0.39 is 17.4 Å². The van der Waals surface area contributed by atoms with E-state index in [9.17, 15) is 14.7 Å². The zero-order chi connectivity index (χ0) is 23.9. The zero-order valence-electron chi connectivity index (χ0n) is 20.4. The summed E-state index contributed by atoms with van der Waals surface area (Å²) in [7, 11) is 0. The van der Waals surface area contributed by atoms with E-state index in [1.807, 2.05) is 0 Å². The molecule has 6 heteroatoms. The molecule has 32 heavy (non-hydrogen) atoms. The van der Waals surface area contributed by atoms with E-state index in [4.69, 9.17) is 5.11 Å². The molecule has 0 radical (unpaired) electrons. The zero-order valence-corrected chi connectivity index (χ0v) is 22.2. The highest BCUT2D eigenvalue weighted by Crippen LogP contribution is 2.37. The summed E-state index contributed by atoms with van der Waals surface area (Å²) in [5.41, 5.74) is -0.741. The van der Waals surface area contributed by atoms with Gasteiger partial charge in [0, 0.05) is 6.42 Å². The first-order valence-electron chi connectivity index (χ1n) is 13.2. The topological polar surface area (TPSA) is 74.6 Å². The third-order valence-corrected chi connectivity index (χ3v) is 7.26. The molecule has 0 amide bonds. The van der Waals surface area contributed by atoms with Crippen molar-refractivity contribution in [2.24, 2.45) is 5.41 Å². The van der Waals surface area contributed by atoms with Crippen molar-refractivity contribution in [2.45, 2.75) is 135 Å². The first-order chi connectivity index (χ1) is 15.5. The number of aliphatic carboxylic acids is 2. The molecule has 0 aliphatic heterocycles. The Morgan fingerprint density at radius 1 is 0.500 bits per heavy atom. The number of hydrogen-bond donors (Lipinski definition) is 4. The fourth-order valence-corrected chi connectivity index (χ4v) is 4.99.